The summed E-state index contributed by atoms with van der Waals surface area (Å²) in [6.07, 6.45) is 0.607. The highest BCUT2D eigenvalue weighted by molar-refractivity contribution is 14.1. The minimum absolute atomic E-state index is 0.343. The van der Waals surface area contributed by atoms with Crippen LogP contribution in [0.4, 0.5) is 0 Å². The smallest absolute Gasteiger partial charge is 0.293 e. The van der Waals surface area contributed by atoms with Gasteiger partial charge in [0.15, 0.2) is 0 Å². The SMILES string of the molecule is O=COCCc1ccc2cc(I)cc(-c3cccc4ccccc34)c2n1. The van der Waals surface area contributed by atoms with Crippen LogP contribution in [0.5, 0.6) is 0 Å². The quantitative estimate of drug-likeness (QED) is 0.232. The number of halogens is 1. The summed E-state index contributed by atoms with van der Waals surface area (Å²) >= 11 is 2.35. The Bertz CT molecular complexity index is 1100. The molecule has 26 heavy (non-hydrogen) atoms. The van der Waals surface area contributed by atoms with Crippen LogP contribution in [0, 0.1) is 3.57 Å². The monoisotopic (exact) mass is 453 g/mol. The molecule has 0 N–H and O–H groups in total. The van der Waals surface area contributed by atoms with E-state index in [9.17, 15) is 4.79 Å². The molecule has 4 heteroatoms. The van der Waals surface area contributed by atoms with Crippen LogP contribution in [0.25, 0.3) is 32.8 Å². The van der Waals surface area contributed by atoms with Gasteiger partial charge in [0.25, 0.3) is 6.47 Å². The molecule has 0 radical (unpaired) electrons. The first-order valence-electron chi connectivity index (χ1n) is 8.39. The predicted molar refractivity (Wildman–Crippen MR) is 113 cm³/mol. The molecule has 0 unspecified atom stereocenters. The molecule has 4 aromatic rings. The number of aromatic nitrogens is 1. The van der Waals surface area contributed by atoms with Crippen molar-refractivity contribution in [3.63, 3.8) is 0 Å². The van der Waals surface area contributed by atoms with E-state index in [0.29, 0.717) is 19.5 Å². The molecule has 3 aromatic carbocycles. The first-order valence-corrected chi connectivity index (χ1v) is 9.47. The van der Waals surface area contributed by atoms with Gasteiger partial charge in [-0.05, 0) is 57.1 Å². The van der Waals surface area contributed by atoms with Crippen LogP contribution in [0.1, 0.15) is 5.69 Å². The summed E-state index contributed by atoms with van der Waals surface area (Å²) in [6.45, 7) is 0.820. The summed E-state index contributed by atoms with van der Waals surface area (Å²) in [6, 6.07) is 23.2. The van der Waals surface area contributed by atoms with Crippen molar-refractivity contribution in [1.29, 1.82) is 0 Å². The molecule has 0 aliphatic carbocycles. The second kappa shape index (κ2) is 7.41. The number of hydrogen-bond acceptors (Lipinski definition) is 3. The van der Waals surface area contributed by atoms with Crippen molar-refractivity contribution in [2.24, 2.45) is 0 Å². The zero-order valence-corrected chi connectivity index (χ0v) is 16.1. The van der Waals surface area contributed by atoms with E-state index in [1.807, 2.05) is 6.07 Å². The van der Waals surface area contributed by atoms with Gasteiger partial charge in [-0.2, -0.15) is 0 Å². The third-order valence-electron chi connectivity index (χ3n) is 4.44. The Kier molecular flexibility index (Phi) is 4.84. The van der Waals surface area contributed by atoms with Gasteiger partial charge in [0.05, 0.1) is 12.1 Å². The van der Waals surface area contributed by atoms with Gasteiger partial charge in [-0.25, -0.2) is 0 Å². The molecule has 1 aromatic heterocycles. The van der Waals surface area contributed by atoms with Gasteiger partial charge in [0.2, 0.25) is 0 Å². The van der Waals surface area contributed by atoms with Crippen molar-refractivity contribution in [3.8, 4) is 11.1 Å². The molecule has 0 atom stereocenters. The minimum atomic E-state index is 0.343. The number of pyridine rings is 1. The number of nitrogens with zero attached hydrogens (tertiary/aromatic N) is 1. The summed E-state index contributed by atoms with van der Waals surface area (Å²) in [4.78, 5) is 15.2. The van der Waals surface area contributed by atoms with Crippen molar-refractivity contribution < 1.29 is 9.53 Å². The third kappa shape index (κ3) is 3.29. The average molecular weight is 453 g/mol. The van der Waals surface area contributed by atoms with Gasteiger partial charge in [-0.1, -0.05) is 48.5 Å². The lowest BCUT2D eigenvalue weighted by Crippen LogP contribution is -2.00. The summed E-state index contributed by atoms with van der Waals surface area (Å²) in [7, 11) is 0. The van der Waals surface area contributed by atoms with E-state index in [4.69, 9.17) is 9.72 Å². The van der Waals surface area contributed by atoms with E-state index in [-0.39, 0.29) is 0 Å². The summed E-state index contributed by atoms with van der Waals surface area (Å²) < 4.78 is 6.00. The van der Waals surface area contributed by atoms with E-state index in [1.165, 1.54) is 19.9 Å². The van der Waals surface area contributed by atoms with Gasteiger partial charge in [0, 0.05) is 26.6 Å². The fourth-order valence-electron chi connectivity index (χ4n) is 3.26. The molecule has 0 saturated carbocycles. The second-order valence-corrected chi connectivity index (χ2v) is 7.32. The van der Waals surface area contributed by atoms with Crippen LogP contribution in [0.2, 0.25) is 0 Å². The van der Waals surface area contributed by atoms with Crippen molar-refractivity contribution in [2.45, 2.75) is 6.42 Å². The van der Waals surface area contributed by atoms with Gasteiger partial charge < -0.3 is 4.74 Å². The number of hydrogen-bond donors (Lipinski definition) is 0. The van der Waals surface area contributed by atoms with E-state index < -0.39 is 0 Å². The van der Waals surface area contributed by atoms with E-state index in [1.54, 1.807) is 0 Å². The van der Waals surface area contributed by atoms with Crippen molar-refractivity contribution in [1.82, 2.24) is 4.98 Å². The highest BCUT2D eigenvalue weighted by Crippen LogP contribution is 2.34. The number of carbonyl (C=O) groups excluding carboxylic acids is 1. The van der Waals surface area contributed by atoms with Gasteiger partial charge >= 0.3 is 0 Å². The molecule has 0 aliphatic heterocycles. The molecule has 0 aliphatic rings. The molecule has 128 valence electrons. The van der Waals surface area contributed by atoms with Crippen LogP contribution in [0.3, 0.4) is 0 Å². The zero-order chi connectivity index (χ0) is 17.9. The van der Waals surface area contributed by atoms with Crippen molar-refractivity contribution >= 4 is 50.7 Å². The standard InChI is InChI=1S/C22H16INO2/c23-17-12-16-8-9-18(10-11-26-14-25)24-22(16)21(13-17)20-7-3-5-15-4-1-2-6-19(15)20/h1-9,12-14H,10-11H2. The average Bonchev–Trinajstić information content (AvgIpc) is 2.67. The van der Waals surface area contributed by atoms with Gasteiger partial charge in [-0.15, -0.1) is 0 Å². The maximum Gasteiger partial charge on any atom is 0.293 e. The largest absolute Gasteiger partial charge is 0.467 e. The maximum atomic E-state index is 10.4. The number of ether oxygens (including phenoxy) is 1. The molecule has 4 rings (SSSR count). The third-order valence-corrected chi connectivity index (χ3v) is 5.06. The molecule has 1 heterocycles. The predicted octanol–water partition coefficient (Wildman–Crippen LogP) is 5.38. The lowest BCUT2D eigenvalue weighted by atomic mass is 9.96. The Morgan fingerprint density at radius 2 is 1.77 bits per heavy atom. The molecular formula is C22H16INO2. The summed E-state index contributed by atoms with van der Waals surface area (Å²) in [5.41, 5.74) is 4.20. The number of fused-ring (bicyclic) bond motifs is 2. The Labute approximate surface area is 165 Å². The topological polar surface area (TPSA) is 39.2 Å². The Hall–Kier alpha value is -2.47. The molecule has 0 spiro atoms. The first-order chi connectivity index (χ1) is 12.8. The first kappa shape index (κ1) is 17.0. The highest BCUT2D eigenvalue weighted by atomic mass is 127. The van der Waals surface area contributed by atoms with Crippen LogP contribution in [0.15, 0.2) is 66.7 Å². The van der Waals surface area contributed by atoms with Crippen LogP contribution in [-0.2, 0) is 16.0 Å². The van der Waals surface area contributed by atoms with E-state index >= 15 is 0 Å². The fraction of sp³-hybridized carbons (Fsp3) is 0.0909. The minimum Gasteiger partial charge on any atom is -0.467 e. The fourth-order valence-corrected chi connectivity index (χ4v) is 3.90. The molecule has 0 saturated heterocycles. The Morgan fingerprint density at radius 1 is 0.923 bits per heavy atom. The van der Waals surface area contributed by atoms with Crippen molar-refractivity contribution in [2.75, 3.05) is 6.61 Å². The molecule has 0 bridgehead atoms. The van der Waals surface area contributed by atoms with Crippen LogP contribution < -0.4 is 0 Å². The summed E-state index contributed by atoms with van der Waals surface area (Å²) in [5, 5.41) is 3.54. The normalized spacial score (nSPS) is 11.0. The van der Waals surface area contributed by atoms with E-state index in [2.05, 4.69) is 83.3 Å². The number of carbonyl (C=O) groups is 1. The van der Waals surface area contributed by atoms with Gasteiger partial charge in [-0.3, -0.25) is 9.78 Å². The number of benzene rings is 3. The Morgan fingerprint density at radius 3 is 2.65 bits per heavy atom. The Balaban J connectivity index is 1.92. The lowest BCUT2D eigenvalue weighted by molar-refractivity contribution is -0.128. The number of rotatable bonds is 5. The molecule has 0 fully saturated rings. The summed E-state index contributed by atoms with van der Waals surface area (Å²) in [5.74, 6) is 0. The molecular weight excluding hydrogens is 437 g/mol. The van der Waals surface area contributed by atoms with Gasteiger partial charge in [0.1, 0.15) is 0 Å². The molecule has 3 nitrogen and oxygen atoms in total. The van der Waals surface area contributed by atoms with Crippen LogP contribution >= 0.6 is 22.6 Å². The second-order valence-electron chi connectivity index (χ2n) is 6.07. The van der Waals surface area contributed by atoms with Crippen molar-refractivity contribution in [3.05, 3.63) is 76.0 Å². The maximum absolute atomic E-state index is 10.4. The van der Waals surface area contributed by atoms with E-state index in [0.717, 1.165) is 22.2 Å². The lowest BCUT2D eigenvalue weighted by Gasteiger charge is -2.12. The molecule has 0 amide bonds. The van der Waals surface area contributed by atoms with Crippen LogP contribution in [-0.4, -0.2) is 18.1 Å². The zero-order valence-electron chi connectivity index (χ0n) is 14.0. The highest BCUT2D eigenvalue weighted by Gasteiger charge is 2.11.